The van der Waals surface area contributed by atoms with Crippen LogP contribution >= 0.6 is 11.3 Å². The van der Waals surface area contributed by atoms with E-state index >= 15 is 0 Å². The molecule has 0 spiro atoms. The lowest BCUT2D eigenvalue weighted by molar-refractivity contribution is 0.728. The predicted molar refractivity (Wildman–Crippen MR) is 86.5 cm³/mol. The van der Waals surface area contributed by atoms with Crippen LogP contribution in [0.5, 0.6) is 0 Å². The minimum absolute atomic E-state index is 0.945. The number of para-hydroxylation sites is 2. The van der Waals surface area contributed by atoms with Gasteiger partial charge in [-0.25, -0.2) is 4.98 Å². The summed E-state index contributed by atoms with van der Waals surface area (Å²) < 4.78 is 2.38. The molecule has 0 bridgehead atoms. The van der Waals surface area contributed by atoms with Gasteiger partial charge in [0.1, 0.15) is 5.82 Å². The van der Waals surface area contributed by atoms with E-state index in [9.17, 15) is 0 Å². The van der Waals surface area contributed by atoms with Crippen LogP contribution in [0.15, 0.2) is 36.4 Å². The summed E-state index contributed by atoms with van der Waals surface area (Å²) in [6, 6.07) is 13.0. The summed E-state index contributed by atoms with van der Waals surface area (Å²) in [5, 5.41) is 0. The highest BCUT2D eigenvalue weighted by molar-refractivity contribution is 7.11. The first kappa shape index (κ1) is 13.4. The molecule has 2 nitrogen and oxygen atoms in total. The second-order valence-corrected chi connectivity index (χ2v) is 6.33. The van der Waals surface area contributed by atoms with Crippen molar-refractivity contribution < 1.29 is 0 Å². The Bertz CT molecular complexity index is 709. The van der Waals surface area contributed by atoms with Gasteiger partial charge in [-0.2, -0.15) is 0 Å². The lowest BCUT2D eigenvalue weighted by Crippen LogP contribution is -2.03. The first-order valence-corrected chi connectivity index (χ1v) is 8.15. The van der Waals surface area contributed by atoms with Crippen molar-refractivity contribution in [2.75, 3.05) is 0 Å². The molecule has 104 valence electrons. The van der Waals surface area contributed by atoms with Crippen molar-refractivity contribution in [2.24, 2.45) is 0 Å². The topological polar surface area (TPSA) is 17.8 Å². The van der Waals surface area contributed by atoms with Gasteiger partial charge in [-0.15, -0.1) is 11.3 Å². The Morgan fingerprint density at radius 2 is 1.85 bits per heavy atom. The number of imidazole rings is 1. The van der Waals surface area contributed by atoms with Crippen LogP contribution in [0.4, 0.5) is 0 Å². The average Bonchev–Trinajstić information content (AvgIpc) is 3.05. The second-order valence-electron chi connectivity index (χ2n) is 5.07. The van der Waals surface area contributed by atoms with Gasteiger partial charge in [0, 0.05) is 16.2 Å². The molecule has 0 N–H and O–H groups in total. The predicted octanol–water partition coefficient (Wildman–Crippen LogP) is 4.66. The van der Waals surface area contributed by atoms with E-state index < -0.39 is 0 Å². The van der Waals surface area contributed by atoms with Crippen LogP contribution in [-0.4, -0.2) is 9.55 Å². The second kappa shape index (κ2) is 5.80. The lowest BCUT2D eigenvalue weighted by Gasteiger charge is -2.07. The Hall–Kier alpha value is -1.61. The van der Waals surface area contributed by atoms with E-state index in [1.165, 1.54) is 21.1 Å². The summed E-state index contributed by atoms with van der Waals surface area (Å²) in [5.41, 5.74) is 2.37. The summed E-state index contributed by atoms with van der Waals surface area (Å²) >= 11 is 1.92. The monoisotopic (exact) mass is 284 g/mol. The minimum Gasteiger partial charge on any atom is -0.323 e. The highest BCUT2D eigenvalue weighted by Crippen LogP contribution is 2.23. The number of benzene rings is 1. The summed E-state index contributed by atoms with van der Waals surface area (Å²) in [5.74, 6) is 1.21. The van der Waals surface area contributed by atoms with Crippen LogP contribution in [0.1, 0.15) is 35.8 Å². The molecular formula is C17H20N2S. The molecule has 0 saturated carbocycles. The SMILES string of the molecule is CCCc1nc2ccccc2n1Cc1ccc(CC)s1. The van der Waals surface area contributed by atoms with Gasteiger partial charge in [0.25, 0.3) is 0 Å². The van der Waals surface area contributed by atoms with Crippen molar-refractivity contribution in [3.05, 3.63) is 52.0 Å². The fourth-order valence-corrected chi connectivity index (χ4v) is 3.52. The number of hydrogen-bond acceptors (Lipinski definition) is 2. The van der Waals surface area contributed by atoms with Crippen molar-refractivity contribution in [1.82, 2.24) is 9.55 Å². The molecule has 0 atom stereocenters. The van der Waals surface area contributed by atoms with E-state index in [0.29, 0.717) is 0 Å². The molecule has 3 rings (SSSR count). The summed E-state index contributed by atoms with van der Waals surface area (Å²) in [4.78, 5) is 7.67. The van der Waals surface area contributed by atoms with Crippen molar-refractivity contribution in [3.8, 4) is 0 Å². The third-order valence-electron chi connectivity index (χ3n) is 3.59. The number of thiophene rings is 1. The van der Waals surface area contributed by atoms with Gasteiger partial charge >= 0.3 is 0 Å². The molecule has 3 heteroatoms. The van der Waals surface area contributed by atoms with E-state index in [-0.39, 0.29) is 0 Å². The van der Waals surface area contributed by atoms with Gasteiger partial charge < -0.3 is 4.57 Å². The summed E-state index contributed by atoms with van der Waals surface area (Å²) in [7, 11) is 0. The molecule has 0 radical (unpaired) electrons. The van der Waals surface area contributed by atoms with Crippen LogP contribution in [0, 0.1) is 0 Å². The van der Waals surface area contributed by atoms with Gasteiger partial charge in [-0.05, 0) is 37.1 Å². The fourth-order valence-electron chi connectivity index (χ4n) is 2.57. The maximum absolute atomic E-state index is 4.79. The van der Waals surface area contributed by atoms with Gasteiger partial charge in [-0.3, -0.25) is 0 Å². The average molecular weight is 284 g/mol. The molecule has 0 amide bonds. The Morgan fingerprint density at radius 3 is 2.60 bits per heavy atom. The maximum atomic E-state index is 4.79. The van der Waals surface area contributed by atoms with E-state index in [1.54, 1.807) is 0 Å². The zero-order valence-electron chi connectivity index (χ0n) is 12.1. The Balaban J connectivity index is 2.01. The molecule has 0 aliphatic rings. The smallest absolute Gasteiger partial charge is 0.110 e. The molecule has 0 unspecified atom stereocenters. The summed E-state index contributed by atoms with van der Waals surface area (Å²) in [6.07, 6.45) is 3.30. The number of aryl methyl sites for hydroxylation is 2. The van der Waals surface area contributed by atoms with Crippen molar-refractivity contribution in [2.45, 2.75) is 39.7 Å². The first-order chi connectivity index (χ1) is 9.81. The number of hydrogen-bond donors (Lipinski definition) is 0. The quantitative estimate of drug-likeness (QED) is 0.666. The highest BCUT2D eigenvalue weighted by atomic mass is 32.1. The first-order valence-electron chi connectivity index (χ1n) is 7.33. The summed E-state index contributed by atoms with van der Waals surface area (Å²) in [6.45, 7) is 5.37. The molecule has 0 aliphatic heterocycles. The van der Waals surface area contributed by atoms with E-state index in [2.05, 4.69) is 54.8 Å². The third kappa shape index (κ3) is 2.50. The minimum atomic E-state index is 0.945. The molecule has 20 heavy (non-hydrogen) atoms. The van der Waals surface area contributed by atoms with Crippen LogP contribution in [0.3, 0.4) is 0 Å². The number of aromatic nitrogens is 2. The van der Waals surface area contributed by atoms with Crippen LogP contribution in [0.25, 0.3) is 11.0 Å². The highest BCUT2D eigenvalue weighted by Gasteiger charge is 2.10. The van der Waals surface area contributed by atoms with E-state index in [0.717, 1.165) is 31.3 Å². The van der Waals surface area contributed by atoms with Crippen LogP contribution in [-0.2, 0) is 19.4 Å². The Labute approximate surface area is 124 Å². The van der Waals surface area contributed by atoms with E-state index in [1.807, 2.05) is 11.3 Å². The number of rotatable bonds is 5. The van der Waals surface area contributed by atoms with Crippen molar-refractivity contribution in [1.29, 1.82) is 0 Å². The molecular weight excluding hydrogens is 264 g/mol. The Morgan fingerprint density at radius 1 is 1.05 bits per heavy atom. The molecule has 0 saturated heterocycles. The van der Waals surface area contributed by atoms with Gasteiger partial charge in [-0.1, -0.05) is 26.0 Å². The van der Waals surface area contributed by atoms with Crippen LogP contribution < -0.4 is 0 Å². The lowest BCUT2D eigenvalue weighted by atomic mass is 10.3. The Kier molecular flexibility index (Phi) is 3.88. The van der Waals surface area contributed by atoms with Gasteiger partial charge in [0.2, 0.25) is 0 Å². The normalized spacial score (nSPS) is 11.3. The van der Waals surface area contributed by atoms with Gasteiger partial charge in [0.15, 0.2) is 0 Å². The van der Waals surface area contributed by atoms with Crippen molar-refractivity contribution >= 4 is 22.4 Å². The fraction of sp³-hybridized carbons (Fsp3) is 0.353. The molecule has 2 heterocycles. The number of nitrogens with zero attached hydrogens (tertiary/aromatic N) is 2. The third-order valence-corrected chi connectivity index (χ3v) is 4.80. The largest absolute Gasteiger partial charge is 0.323 e. The molecule has 3 aromatic rings. The maximum Gasteiger partial charge on any atom is 0.110 e. The number of fused-ring (bicyclic) bond motifs is 1. The van der Waals surface area contributed by atoms with Crippen molar-refractivity contribution in [3.63, 3.8) is 0 Å². The zero-order chi connectivity index (χ0) is 13.9. The van der Waals surface area contributed by atoms with Crippen LogP contribution in [0.2, 0.25) is 0 Å². The molecule has 1 aromatic carbocycles. The molecule has 0 fully saturated rings. The standard InChI is InChI=1S/C17H20N2S/c1-3-7-17-18-15-8-5-6-9-16(15)19(17)12-14-11-10-13(4-2)20-14/h5-6,8-11H,3-4,7,12H2,1-2H3. The molecule has 2 aromatic heterocycles. The van der Waals surface area contributed by atoms with Gasteiger partial charge in [0.05, 0.1) is 17.6 Å². The van der Waals surface area contributed by atoms with E-state index in [4.69, 9.17) is 4.98 Å². The molecule has 0 aliphatic carbocycles. The zero-order valence-corrected chi connectivity index (χ0v) is 12.9.